The minimum atomic E-state index is -4.40. The summed E-state index contributed by atoms with van der Waals surface area (Å²) in [7, 11) is 5.53. The molecule has 0 N–H and O–H groups in total. The van der Waals surface area contributed by atoms with Gasteiger partial charge in [0, 0.05) is 5.82 Å². The molecule has 0 aliphatic heterocycles. The third kappa shape index (κ3) is 3.51. The van der Waals surface area contributed by atoms with Crippen LogP contribution in [-0.2, 0) is 15.7 Å². The average molecular weight is 242 g/mol. The number of halogens is 3. The lowest BCUT2D eigenvalue weighted by atomic mass is 9.81. The Balaban J connectivity index is 2.84. The molecular weight excluding hydrogens is 232 g/mol. The number of carbonyl (C=O) groups excluding carboxylic acids is 1. The van der Waals surface area contributed by atoms with E-state index in [-0.39, 0.29) is 12.2 Å². The van der Waals surface area contributed by atoms with Crippen LogP contribution < -0.4 is 0 Å². The predicted octanol–water partition coefficient (Wildman–Crippen LogP) is 2.48. The van der Waals surface area contributed by atoms with Gasteiger partial charge in [0.2, 0.25) is 0 Å². The number of ether oxygens (including phenoxy) is 1. The SMILES string of the molecule is [B]C(C(=O)OCC)c1ccc(C(F)(F)F)cc1. The van der Waals surface area contributed by atoms with Gasteiger partial charge < -0.3 is 4.74 Å². The molecule has 0 saturated heterocycles. The van der Waals surface area contributed by atoms with Gasteiger partial charge >= 0.3 is 12.1 Å². The second kappa shape index (κ2) is 5.25. The van der Waals surface area contributed by atoms with E-state index in [4.69, 9.17) is 7.85 Å². The lowest BCUT2D eigenvalue weighted by molar-refractivity contribution is -0.142. The summed E-state index contributed by atoms with van der Waals surface area (Å²) in [5, 5.41) is 0. The largest absolute Gasteiger partial charge is 0.466 e. The molecule has 6 heteroatoms. The third-order valence-corrected chi connectivity index (χ3v) is 2.14. The minimum absolute atomic E-state index is 0.174. The van der Waals surface area contributed by atoms with Crippen molar-refractivity contribution in [1.82, 2.24) is 0 Å². The summed E-state index contributed by atoms with van der Waals surface area (Å²) in [6, 6.07) is 4.11. The van der Waals surface area contributed by atoms with Crippen LogP contribution in [0.2, 0.25) is 0 Å². The zero-order valence-corrected chi connectivity index (χ0v) is 9.12. The van der Waals surface area contributed by atoms with Crippen LogP contribution in [0.4, 0.5) is 13.2 Å². The van der Waals surface area contributed by atoms with E-state index in [0.29, 0.717) is 0 Å². The Morgan fingerprint density at radius 2 is 1.88 bits per heavy atom. The monoisotopic (exact) mass is 242 g/mol. The second-order valence-corrected chi connectivity index (χ2v) is 3.35. The van der Waals surface area contributed by atoms with Gasteiger partial charge in [0.25, 0.3) is 0 Å². The molecule has 0 amide bonds. The maximum Gasteiger partial charge on any atom is 0.416 e. The van der Waals surface area contributed by atoms with Crippen molar-refractivity contribution in [2.24, 2.45) is 0 Å². The van der Waals surface area contributed by atoms with E-state index in [9.17, 15) is 18.0 Å². The van der Waals surface area contributed by atoms with Gasteiger partial charge in [-0.05, 0) is 24.6 Å². The maximum atomic E-state index is 12.3. The quantitative estimate of drug-likeness (QED) is 0.601. The van der Waals surface area contributed by atoms with Gasteiger partial charge in [-0.3, -0.25) is 4.79 Å². The summed E-state index contributed by atoms with van der Waals surface area (Å²) < 4.78 is 41.5. The fourth-order valence-electron chi connectivity index (χ4n) is 1.25. The number of carbonyl (C=O) groups is 1. The van der Waals surface area contributed by atoms with Gasteiger partial charge in [-0.2, -0.15) is 13.2 Å². The second-order valence-electron chi connectivity index (χ2n) is 3.35. The highest BCUT2D eigenvalue weighted by molar-refractivity contribution is 6.23. The van der Waals surface area contributed by atoms with Crippen LogP contribution >= 0.6 is 0 Å². The van der Waals surface area contributed by atoms with E-state index < -0.39 is 23.5 Å². The van der Waals surface area contributed by atoms with E-state index in [1.54, 1.807) is 6.92 Å². The zero-order valence-electron chi connectivity index (χ0n) is 9.12. The van der Waals surface area contributed by atoms with Crippen LogP contribution in [0.3, 0.4) is 0 Å². The van der Waals surface area contributed by atoms with Gasteiger partial charge in [0.05, 0.1) is 20.0 Å². The molecule has 17 heavy (non-hydrogen) atoms. The first kappa shape index (κ1) is 13.6. The molecule has 2 radical (unpaired) electrons. The molecule has 0 aliphatic carbocycles. The number of alkyl halides is 3. The number of hydrogen-bond donors (Lipinski definition) is 0. The summed E-state index contributed by atoms with van der Waals surface area (Å²) in [4.78, 5) is 11.3. The summed E-state index contributed by atoms with van der Waals surface area (Å²) >= 11 is 0. The summed E-state index contributed by atoms with van der Waals surface area (Å²) in [6.45, 7) is 1.80. The van der Waals surface area contributed by atoms with Gasteiger partial charge in [-0.1, -0.05) is 12.1 Å². The molecule has 0 aromatic heterocycles. The summed E-state index contributed by atoms with van der Waals surface area (Å²) in [5.41, 5.74) is -0.492. The fraction of sp³-hybridized carbons (Fsp3) is 0.364. The van der Waals surface area contributed by atoms with E-state index >= 15 is 0 Å². The highest BCUT2D eigenvalue weighted by atomic mass is 19.4. The van der Waals surface area contributed by atoms with Crippen molar-refractivity contribution in [3.63, 3.8) is 0 Å². The van der Waals surface area contributed by atoms with Crippen LogP contribution in [0.1, 0.15) is 23.9 Å². The van der Waals surface area contributed by atoms with Crippen LogP contribution in [-0.4, -0.2) is 20.4 Å². The third-order valence-electron chi connectivity index (χ3n) is 2.14. The number of hydrogen-bond acceptors (Lipinski definition) is 2. The van der Waals surface area contributed by atoms with Gasteiger partial charge in [-0.15, -0.1) is 0 Å². The Hall–Kier alpha value is -1.46. The fourth-order valence-corrected chi connectivity index (χ4v) is 1.25. The Kier molecular flexibility index (Phi) is 4.20. The molecule has 0 spiro atoms. The van der Waals surface area contributed by atoms with Crippen molar-refractivity contribution in [3.8, 4) is 0 Å². The predicted molar refractivity (Wildman–Crippen MR) is 56.6 cm³/mol. The van der Waals surface area contributed by atoms with Crippen molar-refractivity contribution < 1.29 is 22.7 Å². The van der Waals surface area contributed by atoms with E-state index in [1.807, 2.05) is 0 Å². The van der Waals surface area contributed by atoms with Crippen molar-refractivity contribution in [3.05, 3.63) is 35.4 Å². The van der Waals surface area contributed by atoms with Crippen molar-refractivity contribution >= 4 is 13.8 Å². The van der Waals surface area contributed by atoms with Crippen molar-refractivity contribution in [1.29, 1.82) is 0 Å². The Labute approximate surface area is 98.2 Å². The highest BCUT2D eigenvalue weighted by Crippen LogP contribution is 2.29. The molecular formula is C11H10BF3O2. The zero-order chi connectivity index (χ0) is 13.1. The summed E-state index contributed by atoms with van der Waals surface area (Å²) in [5.74, 6) is -1.72. The molecule has 0 fully saturated rings. The van der Waals surface area contributed by atoms with E-state index in [0.717, 1.165) is 12.1 Å². The minimum Gasteiger partial charge on any atom is -0.466 e. The van der Waals surface area contributed by atoms with Crippen LogP contribution in [0.15, 0.2) is 24.3 Å². The molecule has 2 nitrogen and oxygen atoms in total. The Morgan fingerprint density at radius 1 is 1.35 bits per heavy atom. The van der Waals surface area contributed by atoms with Gasteiger partial charge in [-0.25, -0.2) is 0 Å². The summed E-state index contributed by atoms with van der Waals surface area (Å²) in [6.07, 6.45) is -4.40. The van der Waals surface area contributed by atoms with Crippen molar-refractivity contribution in [2.75, 3.05) is 6.61 Å². The van der Waals surface area contributed by atoms with Crippen LogP contribution in [0.25, 0.3) is 0 Å². The van der Waals surface area contributed by atoms with Crippen LogP contribution in [0, 0.1) is 0 Å². The molecule has 0 saturated carbocycles. The smallest absolute Gasteiger partial charge is 0.416 e. The highest BCUT2D eigenvalue weighted by Gasteiger charge is 2.30. The first-order valence-electron chi connectivity index (χ1n) is 4.95. The lowest BCUT2D eigenvalue weighted by Gasteiger charge is -2.12. The molecule has 0 heterocycles. The molecule has 1 unspecified atom stereocenters. The van der Waals surface area contributed by atoms with Gasteiger partial charge in [0.15, 0.2) is 0 Å². The van der Waals surface area contributed by atoms with Gasteiger partial charge in [0.1, 0.15) is 0 Å². The molecule has 1 atom stereocenters. The lowest BCUT2D eigenvalue weighted by Crippen LogP contribution is -2.16. The average Bonchev–Trinajstić information content (AvgIpc) is 2.27. The molecule has 0 bridgehead atoms. The first-order valence-corrected chi connectivity index (χ1v) is 4.95. The van der Waals surface area contributed by atoms with Crippen molar-refractivity contribution in [2.45, 2.75) is 18.9 Å². The van der Waals surface area contributed by atoms with E-state index in [1.165, 1.54) is 12.1 Å². The maximum absolute atomic E-state index is 12.3. The first-order chi connectivity index (χ1) is 7.86. The number of esters is 1. The molecule has 1 aromatic rings. The van der Waals surface area contributed by atoms with E-state index in [2.05, 4.69) is 4.74 Å². The normalized spacial score (nSPS) is 13.2. The Morgan fingerprint density at radius 3 is 2.29 bits per heavy atom. The molecule has 0 aliphatic rings. The molecule has 1 aromatic carbocycles. The topological polar surface area (TPSA) is 26.3 Å². The standard InChI is InChI=1S/C11H10BF3O2/c1-2-17-10(16)9(12)7-3-5-8(6-4-7)11(13,14)15/h3-6,9H,2H2,1H3. The van der Waals surface area contributed by atoms with Crippen LogP contribution in [0.5, 0.6) is 0 Å². The molecule has 90 valence electrons. The molecule has 1 rings (SSSR count). The Bertz CT molecular complexity index is 387. The number of benzene rings is 1. The number of rotatable bonds is 3.